The minimum atomic E-state index is -3.39. The lowest BCUT2D eigenvalue weighted by Crippen LogP contribution is -2.15. The van der Waals surface area contributed by atoms with Crippen molar-refractivity contribution in [2.75, 3.05) is 0 Å². The Hall–Kier alpha value is -1.36. The Bertz CT molecular complexity index is 731. The second kappa shape index (κ2) is 4.88. The number of hydrogen-bond acceptors (Lipinski definition) is 3. The molecular formula is C15H14ClNO2S. The van der Waals surface area contributed by atoms with Crippen LogP contribution in [0.15, 0.2) is 59.5 Å². The second-order valence-corrected chi connectivity index (χ2v) is 7.52. The molecule has 0 amide bonds. The van der Waals surface area contributed by atoms with Crippen LogP contribution >= 0.6 is 11.6 Å². The van der Waals surface area contributed by atoms with Gasteiger partial charge in [-0.15, -0.1) is 0 Å². The molecule has 1 fully saturated rings. The van der Waals surface area contributed by atoms with E-state index in [2.05, 4.69) is 0 Å². The highest BCUT2D eigenvalue weighted by Gasteiger charge is 2.57. The molecule has 0 saturated heterocycles. The molecule has 104 valence electrons. The van der Waals surface area contributed by atoms with Crippen LogP contribution in [0, 0.1) is 0 Å². The monoisotopic (exact) mass is 307 g/mol. The highest BCUT2D eigenvalue weighted by molar-refractivity contribution is 7.92. The minimum Gasteiger partial charge on any atom is -0.326 e. The molecule has 1 aliphatic carbocycles. The Labute approximate surface area is 123 Å². The Kier molecular flexibility index (Phi) is 3.32. The molecule has 20 heavy (non-hydrogen) atoms. The van der Waals surface area contributed by atoms with Gasteiger partial charge in [-0.1, -0.05) is 41.9 Å². The minimum absolute atomic E-state index is 0.182. The van der Waals surface area contributed by atoms with Gasteiger partial charge >= 0.3 is 0 Å². The predicted molar refractivity (Wildman–Crippen MR) is 79.6 cm³/mol. The van der Waals surface area contributed by atoms with Crippen LogP contribution in [0.3, 0.4) is 0 Å². The van der Waals surface area contributed by atoms with Crippen molar-refractivity contribution in [2.24, 2.45) is 5.73 Å². The van der Waals surface area contributed by atoms with Crippen LogP contribution in [0.4, 0.5) is 0 Å². The van der Waals surface area contributed by atoms with Gasteiger partial charge in [-0.2, -0.15) is 0 Å². The van der Waals surface area contributed by atoms with Gasteiger partial charge in [0.25, 0.3) is 0 Å². The summed E-state index contributed by atoms with van der Waals surface area (Å²) in [5.74, 6) is -0.182. The summed E-state index contributed by atoms with van der Waals surface area (Å²) in [4.78, 5) is 0.324. The van der Waals surface area contributed by atoms with Gasteiger partial charge in [-0.05, 0) is 29.8 Å². The molecule has 0 heterocycles. The maximum Gasteiger partial charge on any atom is 0.183 e. The number of hydrogen-bond donors (Lipinski definition) is 1. The van der Waals surface area contributed by atoms with Crippen LogP contribution in [-0.4, -0.2) is 19.7 Å². The van der Waals surface area contributed by atoms with Crippen molar-refractivity contribution in [3.63, 3.8) is 0 Å². The van der Waals surface area contributed by atoms with E-state index in [1.807, 2.05) is 12.1 Å². The van der Waals surface area contributed by atoms with Gasteiger partial charge < -0.3 is 5.73 Å². The quantitative estimate of drug-likeness (QED) is 0.948. The third kappa shape index (κ3) is 2.24. The lowest BCUT2D eigenvalue weighted by atomic mass is 10.1. The van der Waals surface area contributed by atoms with E-state index in [4.69, 9.17) is 17.3 Å². The zero-order chi connectivity index (χ0) is 14.3. The zero-order valence-electron chi connectivity index (χ0n) is 10.6. The Morgan fingerprint density at radius 2 is 1.70 bits per heavy atom. The van der Waals surface area contributed by atoms with E-state index in [0.29, 0.717) is 9.92 Å². The second-order valence-electron chi connectivity index (χ2n) is 4.98. The summed E-state index contributed by atoms with van der Waals surface area (Å²) in [5.41, 5.74) is 6.88. The highest BCUT2D eigenvalue weighted by Crippen LogP contribution is 2.47. The SMILES string of the molecule is N[C@@H]1[C@@H](c2cccc(Cl)c2)[C@@H]1S(=O)(=O)c1ccccc1. The molecule has 2 N–H and O–H groups in total. The van der Waals surface area contributed by atoms with Crippen molar-refractivity contribution in [3.8, 4) is 0 Å². The Morgan fingerprint density at radius 1 is 1.00 bits per heavy atom. The van der Waals surface area contributed by atoms with Crippen LogP contribution in [0.5, 0.6) is 0 Å². The molecule has 3 atom stereocenters. The van der Waals surface area contributed by atoms with Crippen LogP contribution in [0.1, 0.15) is 11.5 Å². The molecule has 2 aromatic rings. The predicted octanol–water partition coefficient (Wildman–Crippen LogP) is 2.61. The number of halogens is 1. The van der Waals surface area contributed by atoms with Crippen molar-refractivity contribution < 1.29 is 8.42 Å². The molecule has 0 aliphatic heterocycles. The maximum absolute atomic E-state index is 12.6. The van der Waals surface area contributed by atoms with E-state index < -0.39 is 15.1 Å². The van der Waals surface area contributed by atoms with E-state index in [0.717, 1.165) is 5.56 Å². The molecule has 1 saturated carbocycles. The normalized spacial score (nSPS) is 25.4. The van der Waals surface area contributed by atoms with Gasteiger partial charge in [0.15, 0.2) is 9.84 Å². The van der Waals surface area contributed by atoms with Crippen LogP contribution in [0.2, 0.25) is 5.02 Å². The molecule has 2 aromatic carbocycles. The zero-order valence-corrected chi connectivity index (χ0v) is 12.2. The number of benzene rings is 2. The van der Waals surface area contributed by atoms with Crippen molar-refractivity contribution >= 4 is 21.4 Å². The first-order valence-electron chi connectivity index (χ1n) is 6.32. The van der Waals surface area contributed by atoms with Gasteiger partial charge in [0, 0.05) is 17.0 Å². The number of rotatable bonds is 3. The summed E-state index contributed by atoms with van der Waals surface area (Å²) in [6.45, 7) is 0. The molecule has 0 bridgehead atoms. The first-order chi connectivity index (χ1) is 9.51. The molecule has 5 heteroatoms. The summed E-state index contributed by atoms with van der Waals surface area (Å²) in [7, 11) is -3.39. The molecule has 0 spiro atoms. The van der Waals surface area contributed by atoms with E-state index in [-0.39, 0.29) is 12.0 Å². The van der Waals surface area contributed by atoms with E-state index in [9.17, 15) is 8.42 Å². The van der Waals surface area contributed by atoms with E-state index in [1.54, 1.807) is 42.5 Å². The van der Waals surface area contributed by atoms with Crippen molar-refractivity contribution in [2.45, 2.75) is 22.1 Å². The van der Waals surface area contributed by atoms with E-state index in [1.165, 1.54) is 0 Å². The first kappa shape index (κ1) is 13.6. The van der Waals surface area contributed by atoms with Crippen LogP contribution in [0.25, 0.3) is 0 Å². The topological polar surface area (TPSA) is 60.2 Å². The standard InChI is InChI=1S/C15H14ClNO2S/c16-11-6-4-5-10(9-11)13-14(17)15(13)20(18,19)12-7-2-1-3-8-12/h1-9,13-15H,17H2/t13-,14-,15+/m1/s1. The lowest BCUT2D eigenvalue weighted by molar-refractivity contribution is 0.593. The summed E-state index contributed by atoms with van der Waals surface area (Å²) in [6, 6.07) is 15.3. The summed E-state index contributed by atoms with van der Waals surface area (Å²) in [5, 5.41) is 0.0285. The van der Waals surface area contributed by atoms with Crippen LogP contribution in [-0.2, 0) is 9.84 Å². The fourth-order valence-corrected chi connectivity index (χ4v) is 4.86. The third-order valence-corrected chi connectivity index (χ3v) is 6.16. The smallest absolute Gasteiger partial charge is 0.183 e. The van der Waals surface area contributed by atoms with Crippen molar-refractivity contribution in [1.82, 2.24) is 0 Å². The average molecular weight is 308 g/mol. The lowest BCUT2D eigenvalue weighted by Gasteiger charge is -2.04. The largest absolute Gasteiger partial charge is 0.326 e. The van der Waals surface area contributed by atoms with Crippen molar-refractivity contribution in [3.05, 3.63) is 65.2 Å². The average Bonchev–Trinajstić information content (AvgIpc) is 3.12. The van der Waals surface area contributed by atoms with Gasteiger partial charge in [0.1, 0.15) is 0 Å². The Balaban J connectivity index is 1.94. The number of sulfone groups is 1. The molecule has 0 aromatic heterocycles. The van der Waals surface area contributed by atoms with Gasteiger partial charge in [-0.25, -0.2) is 8.42 Å². The molecule has 0 radical (unpaired) electrons. The Morgan fingerprint density at radius 3 is 2.35 bits per heavy atom. The first-order valence-corrected chi connectivity index (χ1v) is 8.24. The fourth-order valence-electron chi connectivity index (χ4n) is 2.60. The summed E-state index contributed by atoms with van der Waals surface area (Å²) < 4.78 is 25.1. The fraction of sp³-hybridized carbons (Fsp3) is 0.200. The molecular weight excluding hydrogens is 294 g/mol. The molecule has 3 nitrogen and oxygen atoms in total. The van der Waals surface area contributed by atoms with Crippen molar-refractivity contribution in [1.29, 1.82) is 0 Å². The van der Waals surface area contributed by atoms with Gasteiger partial charge in [-0.3, -0.25) is 0 Å². The molecule has 1 aliphatic rings. The summed E-state index contributed by atoms with van der Waals surface area (Å²) in [6.07, 6.45) is 0. The van der Waals surface area contributed by atoms with E-state index >= 15 is 0 Å². The summed E-state index contributed by atoms with van der Waals surface area (Å²) >= 11 is 5.95. The number of nitrogens with two attached hydrogens (primary N) is 1. The highest BCUT2D eigenvalue weighted by atomic mass is 35.5. The maximum atomic E-state index is 12.6. The van der Waals surface area contributed by atoms with Crippen LogP contribution < -0.4 is 5.73 Å². The molecule has 3 rings (SSSR count). The van der Waals surface area contributed by atoms with Gasteiger partial charge in [0.2, 0.25) is 0 Å². The van der Waals surface area contributed by atoms with Gasteiger partial charge in [0.05, 0.1) is 10.1 Å². The third-order valence-electron chi connectivity index (χ3n) is 3.67. The molecule has 0 unspecified atom stereocenters.